The van der Waals surface area contributed by atoms with Gasteiger partial charge in [0.15, 0.2) is 11.6 Å². The van der Waals surface area contributed by atoms with Gasteiger partial charge in [0.05, 0.1) is 23.0 Å². The van der Waals surface area contributed by atoms with Crippen molar-refractivity contribution < 1.29 is 19.1 Å². The maximum absolute atomic E-state index is 12.9. The molecular formula is C43H58N14O4. The largest absolute Gasteiger partial charge is 0.376 e. The Labute approximate surface area is 356 Å². The zero-order valence-electron chi connectivity index (χ0n) is 35.4. The predicted molar refractivity (Wildman–Crippen MR) is 230 cm³/mol. The Morgan fingerprint density at radius 3 is 1.98 bits per heavy atom. The number of piperidine rings is 1. The van der Waals surface area contributed by atoms with E-state index in [2.05, 4.69) is 77.6 Å². The summed E-state index contributed by atoms with van der Waals surface area (Å²) >= 11 is 0. The fourth-order valence-corrected chi connectivity index (χ4v) is 8.79. The van der Waals surface area contributed by atoms with Gasteiger partial charge in [-0.25, -0.2) is 39.9 Å². The minimum Gasteiger partial charge on any atom is -0.376 e. The zero-order valence-corrected chi connectivity index (χ0v) is 35.4. The molecule has 18 heteroatoms. The Kier molecular flexibility index (Phi) is 13.3. The zero-order chi connectivity index (χ0) is 42.2. The second-order valence-electron chi connectivity index (χ2n) is 17.6. The van der Waals surface area contributed by atoms with E-state index in [1.165, 1.54) is 0 Å². The van der Waals surface area contributed by atoms with Crippen molar-refractivity contribution in [1.82, 2.24) is 50.5 Å². The number of nitrogens with zero attached hydrogens (tertiary/aromatic N) is 8. The second-order valence-corrected chi connectivity index (χ2v) is 17.6. The highest BCUT2D eigenvalue weighted by atomic mass is 16.5. The van der Waals surface area contributed by atoms with E-state index >= 15 is 0 Å². The van der Waals surface area contributed by atoms with Gasteiger partial charge in [-0.05, 0) is 109 Å². The molecular weight excluding hydrogens is 777 g/mol. The first kappa shape index (κ1) is 42.4. The van der Waals surface area contributed by atoms with Crippen LogP contribution < -0.4 is 31.9 Å². The third kappa shape index (κ3) is 11.5. The number of aromatic nitrogens is 8. The lowest BCUT2D eigenvalue weighted by atomic mass is 9.84. The van der Waals surface area contributed by atoms with Crippen LogP contribution in [0.25, 0.3) is 23.0 Å². The fraction of sp³-hybridized carbons (Fsp3) is 0.581. The molecule has 4 aliphatic heterocycles. The van der Waals surface area contributed by atoms with Crippen LogP contribution >= 0.6 is 0 Å². The van der Waals surface area contributed by atoms with Gasteiger partial charge in [-0.2, -0.15) is 0 Å². The quantitative estimate of drug-likeness (QED) is 0.105. The van der Waals surface area contributed by atoms with Gasteiger partial charge in [0.2, 0.25) is 23.7 Å². The fourth-order valence-electron chi connectivity index (χ4n) is 8.79. The number of hydrogen-bond acceptors (Lipinski definition) is 16. The summed E-state index contributed by atoms with van der Waals surface area (Å²) in [6, 6.07) is 7.37. The maximum Gasteiger partial charge on any atom is 0.231 e. The predicted octanol–water partition coefficient (Wildman–Crippen LogP) is 4.12. The summed E-state index contributed by atoms with van der Waals surface area (Å²) in [5.41, 5.74) is 1.21. The molecule has 61 heavy (non-hydrogen) atoms. The van der Waals surface area contributed by atoms with E-state index in [0.29, 0.717) is 79.2 Å². The number of carbonyl (C=O) groups excluding carboxylic acids is 2. The highest BCUT2D eigenvalue weighted by Crippen LogP contribution is 2.34. The van der Waals surface area contributed by atoms with Crippen LogP contribution in [0.2, 0.25) is 0 Å². The van der Waals surface area contributed by atoms with Crippen LogP contribution in [-0.2, 0) is 25.5 Å². The lowest BCUT2D eigenvalue weighted by Gasteiger charge is -2.38. The number of carbonyl (C=O) groups is 2. The minimum atomic E-state index is -0.495. The third-order valence-electron chi connectivity index (χ3n) is 12.0. The van der Waals surface area contributed by atoms with Gasteiger partial charge in [-0.3, -0.25) is 20.2 Å². The molecule has 0 spiro atoms. The molecule has 4 aliphatic rings. The lowest BCUT2D eigenvalue weighted by Crippen LogP contribution is -2.41. The van der Waals surface area contributed by atoms with Gasteiger partial charge in [0.1, 0.15) is 23.0 Å². The highest BCUT2D eigenvalue weighted by molar-refractivity contribution is 5.92. The van der Waals surface area contributed by atoms with Crippen molar-refractivity contribution in [3.63, 3.8) is 0 Å². The molecule has 0 bridgehead atoms. The summed E-state index contributed by atoms with van der Waals surface area (Å²) in [5.74, 6) is 3.07. The SMILES string of the molecule is CC1(C)CC(CNc2cc(CC3(C)CC(CNc4ccnc(-c5ccnc(NC(=O)[C@@H]6CCCNC6)n5)n4)CCO3)nc(-c3ccnc(NC(=O)[C@@H]4CCNC4)n3)n2)CCO1. The molecule has 0 radical (unpaired) electrons. The topological polar surface area (TPSA) is 228 Å². The van der Waals surface area contributed by atoms with E-state index in [4.69, 9.17) is 24.4 Å². The van der Waals surface area contributed by atoms with Crippen molar-refractivity contribution in [3.05, 3.63) is 48.5 Å². The van der Waals surface area contributed by atoms with E-state index in [1.807, 2.05) is 12.1 Å². The number of nitrogens with one attached hydrogen (secondary N) is 6. The van der Waals surface area contributed by atoms with Crippen LogP contribution in [0.4, 0.5) is 23.5 Å². The number of hydrogen-bond donors (Lipinski definition) is 6. The molecule has 8 heterocycles. The normalized spacial score (nSPS) is 25.0. The molecule has 3 unspecified atom stereocenters. The van der Waals surface area contributed by atoms with Crippen molar-refractivity contribution >= 4 is 35.3 Å². The van der Waals surface area contributed by atoms with E-state index in [9.17, 15) is 9.59 Å². The summed E-state index contributed by atoms with van der Waals surface area (Å²) in [6.45, 7) is 12.3. The Morgan fingerprint density at radius 1 is 0.689 bits per heavy atom. The molecule has 8 rings (SSSR count). The summed E-state index contributed by atoms with van der Waals surface area (Å²) in [6.07, 6.45) is 11.7. The van der Waals surface area contributed by atoms with Crippen molar-refractivity contribution in [2.24, 2.45) is 23.7 Å². The molecule has 5 atom stereocenters. The van der Waals surface area contributed by atoms with Crippen LogP contribution in [0.1, 0.15) is 71.4 Å². The average molecular weight is 835 g/mol. The smallest absolute Gasteiger partial charge is 0.231 e. The molecule has 18 nitrogen and oxygen atoms in total. The number of amides is 2. The van der Waals surface area contributed by atoms with E-state index in [1.54, 1.807) is 30.7 Å². The van der Waals surface area contributed by atoms with Crippen LogP contribution in [0.15, 0.2) is 42.9 Å². The Morgan fingerprint density at radius 2 is 1.31 bits per heavy atom. The number of ether oxygens (including phenoxy) is 2. The van der Waals surface area contributed by atoms with Crippen molar-refractivity contribution in [2.75, 3.05) is 73.7 Å². The van der Waals surface area contributed by atoms with Crippen LogP contribution in [0.5, 0.6) is 0 Å². The number of anilines is 4. The first-order valence-electron chi connectivity index (χ1n) is 21.7. The molecule has 2 amide bonds. The van der Waals surface area contributed by atoms with Crippen LogP contribution in [-0.4, -0.2) is 115 Å². The van der Waals surface area contributed by atoms with Crippen molar-refractivity contribution in [1.29, 1.82) is 0 Å². The first-order chi connectivity index (χ1) is 29.5. The highest BCUT2D eigenvalue weighted by Gasteiger charge is 2.35. The van der Waals surface area contributed by atoms with Gasteiger partial charge in [-0.1, -0.05) is 0 Å². The lowest BCUT2D eigenvalue weighted by molar-refractivity contribution is -0.120. The molecule has 0 aromatic carbocycles. The summed E-state index contributed by atoms with van der Waals surface area (Å²) in [7, 11) is 0. The molecule has 6 N–H and O–H groups in total. The molecule has 4 aromatic heterocycles. The second kappa shape index (κ2) is 19.2. The standard InChI is InChI=1S/C43H58N14O4/c1-42(2)20-27(10-17-60-42)23-50-35-19-31(51-37(55-35)33-8-15-48-41(53-33)57-39(59)30-6-13-45-26-30)22-43(3)21-28(11-18-61-43)24-49-34-9-16-46-36(54-34)32-7-14-47-40(52-32)56-38(58)29-5-4-12-44-25-29/h7-9,14-16,19,27-30,44-45H,4-6,10-13,17-18,20-26H2,1-3H3,(H,46,49,54)(H,50,51,55)(H,47,52,56,58)(H,48,53,57,59)/t27?,28?,29-,30-,43?/m1/s1. The summed E-state index contributed by atoms with van der Waals surface area (Å²) < 4.78 is 12.5. The Bertz CT molecular complexity index is 2150. The Hall–Kier alpha value is -5.30. The molecule has 0 aliphatic carbocycles. The van der Waals surface area contributed by atoms with Crippen LogP contribution in [0.3, 0.4) is 0 Å². The summed E-state index contributed by atoms with van der Waals surface area (Å²) in [4.78, 5) is 62.7. The van der Waals surface area contributed by atoms with Gasteiger partial charge in [0.25, 0.3) is 0 Å². The molecule has 4 fully saturated rings. The van der Waals surface area contributed by atoms with E-state index < -0.39 is 5.60 Å². The average Bonchev–Trinajstić information content (AvgIpc) is 3.81. The van der Waals surface area contributed by atoms with E-state index in [0.717, 1.165) is 76.9 Å². The Balaban J connectivity index is 0.936. The summed E-state index contributed by atoms with van der Waals surface area (Å²) in [5, 5.41) is 19.4. The first-order valence-corrected chi connectivity index (χ1v) is 21.7. The number of rotatable bonds is 14. The monoisotopic (exact) mass is 834 g/mol. The van der Waals surface area contributed by atoms with Crippen LogP contribution in [0, 0.1) is 23.7 Å². The minimum absolute atomic E-state index is 0.0879. The molecule has 0 saturated carbocycles. The molecule has 4 aromatic rings. The van der Waals surface area contributed by atoms with Crippen molar-refractivity contribution in [2.45, 2.75) is 83.3 Å². The third-order valence-corrected chi connectivity index (χ3v) is 12.0. The molecule has 4 saturated heterocycles. The van der Waals surface area contributed by atoms with Gasteiger partial charge < -0.3 is 30.7 Å². The van der Waals surface area contributed by atoms with E-state index in [-0.39, 0.29) is 41.1 Å². The van der Waals surface area contributed by atoms with Crippen molar-refractivity contribution in [3.8, 4) is 23.0 Å². The van der Waals surface area contributed by atoms with Gasteiger partial charge >= 0.3 is 0 Å². The molecule has 324 valence electrons. The maximum atomic E-state index is 12.9. The van der Waals surface area contributed by atoms with Gasteiger partial charge in [0, 0.05) is 76.2 Å². The van der Waals surface area contributed by atoms with Gasteiger partial charge in [-0.15, -0.1) is 0 Å².